The second kappa shape index (κ2) is 5.82. The fraction of sp³-hybridized carbons (Fsp3) is 0.333. The van der Waals surface area contributed by atoms with Crippen molar-refractivity contribution >= 4 is 22.6 Å². The van der Waals surface area contributed by atoms with Crippen molar-refractivity contribution in [1.29, 1.82) is 0 Å². The highest BCUT2D eigenvalue weighted by Gasteiger charge is 2.30. The molecule has 3 aromatic rings. The van der Waals surface area contributed by atoms with Crippen LogP contribution in [0, 0.1) is 0 Å². The van der Waals surface area contributed by atoms with Gasteiger partial charge in [-0.2, -0.15) is 8.78 Å². The first kappa shape index (κ1) is 16.6. The predicted molar refractivity (Wildman–Crippen MR) is 92.5 cm³/mol. The first-order chi connectivity index (χ1) is 12.3. The maximum atomic E-state index is 13.7. The average Bonchev–Trinajstić information content (AvgIpc) is 3.35. The number of hydrogen-bond donors (Lipinski definition) is 1. The molecule has 134 valence electrons. The van der Waals surface area contributed by atoms with Crippen LogP contribution in [-0.4, -0.2) is 25.4 Å². The Morgan fingerprint density at radius 3 is 2.77 bits per heavy atom. The lowest BCUT2D eigenvalue weighted by molar-refractivity contribution is -0.114. The molecule has 1 fully saturated rings. The van der Waals surface area contributed by atoms with Gasteiger partial charge in [-0.05, 0) is 30.4 Å². The molecule has 0 atom stereocenters. The zero-order valence-electron chi connectivity index (χ0n) is 14.3. The second-order valence-corrected chi connectivity index (χ2v) is 6.63. The predicted octanol–water partition coefficient (Wildman–Crippen LogP) is 3.76. The minimum atomic E-state index is -3.05. The van der Waals surface area contributed by atoms with Gasteiger partial charge in [0.2, 0.25) is 11.9 Å². The number of rotatable bonds is 4. The van der Waals surface area contributed by atoms with E-state index in [1.165, 1.54) is 19.2 Å². The first-order valence-electron chi connectivity index (χ1n) is 8.33. The van der Waals surface area contributed by atoms with Gasteiger partial charge in [0.05, 0.1) is 5.52 Å². The van der Waals surface area contributed by atoms with Crippen molar-refractivity contribution in [3.8, 4) is 5.95 Å². The lowest BCUT2D eigenvalue weighted by Crippen LogP contribution is -2.12. The molecule has 6 nitrogen and oxygen atoms in total. The van der Waals surface area contributed by atoms with Gasteiger partial charge in [0.25, 0.3) is 5.92 Å². The Balaban J connectivity index is 1.89. The van der Waals surface area contributed by atoms with E-state index in [1.54, 1.807) is 16.8 Å². The van der Waals surface area contributed by atoms with Crippen molar-refractivity contribution in [1.82, 2.24) is 19.5 Å². The Morgan fingerprint density at radius 2 is 2.12 bits per heavy atom. The zero-order chi connectivity index (χ0) is 18.5. The Hall–Kier alpha value is -2.90. The zero-order valence-corrected chi connectivity index (χ0v) is 14.3. The number of alkyl halides is 2. The number of anilines is 1. The summed E-state index contributed by atoms with van der Waals surface area (Å²) in [7, 11) is 0. The molecule has 3 aromatic heterocycles. The maximum absolute atomic E-state index is 13.7. The van der Waals surface area contributed by atoms with E-state index < -0.39 is 5.92 Å². The van der Waals surface area contributed by atoms with Crippen molar-refractivity contribution < 1.29 is 13.6 Å². The van der Waals surface area contributed by atoms with Crippen molar-refractivity contribution in [3.63, 3.8) is 0 Å². The van der Waals surface area contributed by atoms with Crippen LogP contribution < -0.4 is 5.32 Å². The summed E-state index contributed by atoms with van der Waals surface area (Å²) >= 11 is 0. The van der Waals surface area contributed by atoms with Crippen LogP contribution in [-0.2, 0) is 10.7 Å². The van der Waals surface area contributed by atoms with Crippen LogP contribution in [0.3, 0.4) is 0 Å². The number of hydrogen-bond acceptors (Lipinski definition) is 4. The standard InChI is InChI=1S/C18H17F2N5O/c1-10(26)23-16-7-14-12(8-22-16)13(11-3-4-11)9-25(14)17-21-6-5-15(24-17)18(2,19)20/h5-9,11H,3-4H2,1-2H3,(H,22,23,26). The monoisotopic (exact) mass is 357 g/mol. The number of aromatic nitrogens is 4. The third-order valence-corrected chi connectivity index (χ3v) is 4.35. The summed E-state index contributed by atoms with van der Waals surface area (Å²) in [6.45, 7) is 2.21. The van der Waals surface area contributed by atoms with E-state index in [2.05, 4.69) is 20.3 Å². The minimum absolute atomic E-state index is 0.168. The van der Waals surface area contributed by atoms with E-state index in [-0.39, 0.29) is 17.5 Å². The Bertz CT molecular complexity index is 1000. The normalized spacial score (nSPS) is 14.6. The highest BCUT2D eigenvalue weighted by molar-refractivity contribution is 5.92. The number of amides is 1. The molecule has 1 amide bonds. The SMILES string of the molecule is CC(=O)Nc1cc2c(cn1)c(C1CC1)cn2-c1nccc(C(C)(F)F)n1. The van der Waals surface area contributed by atoms with E-state index in [0.29, 0.717) is 11.7 Å². The highest BCUT2D eigenvalue weighted by Crippen LogP contribution is 2.44. The first-order valence-corrected chi connectivity index (χ1v) is 8.33. The quantitative estimate of drug-likeness (QED) is 0.772. The molecule has 0 unspecified atom stereocenters. The summed E-state index contributed by atoms with van der Waals surface area (Å²) in [4.78, 5) is 23.8. The molecule has 0 saturated heterocycles. The number of carbonyl (C=O) groups is 1. The summed E-state index contributed by atoms with van der Waals surface area (Å²) in [6.07, 6.45) is 7.08. The maximum Gasteiger partial charge on any atom is 0.287 e. The molecule has 0 aromatic carbocycles. The largest absolute Gasteiger partial charge is 0.311 e. The van der Waals surface area contributed by atoms with Gasteiger partial charge in [-0.25, -0.2) is 15.0 Å². The average molecular weight is 357 g/mol. The fourth-order valence-corrected chi connectivity index (χ4v) is 2.99. The van der Waals surface area contributed by atoms with Crippen molar-refractivity contribution in [3.05, 3.63) is 42.0 Å². The van der Waals surface area contributed by atoms with Crippen LogP contribution in [0.25, 0.3) is 16.9 Å². The molecule has 8 heteroatoms. The molecule has 26 heavy (non-hydrogen) atoms. The number of halogens is 2. The van der Waals surface area contributed by atoms with Crippen LogP contribution in [0.2, 0.25) is 0 Å². The Morgan fingerprint density at radius 1 is 1.35 bits per heavy atom. The van der Waals surface area contributed by atoms with Crippen LogP contribution in [0.4, 0.5) is 14.6 Å². The van der Waals surface area contributed by atoms with Crippen LogP contribution in [0.15, 0.2) is 30.7 Å². The summed E-state index contributed by atoms with van der Waals surface area (Å²) in [5.41, 5.74) is 1.48. The van der Waals surface area contributed by atoms with Crippen molar-refractivity contribution in [2.24, 2.45) is 0 Å². The van der Waals surface area contributed by atoms with Crippen LogP contribution >= 0.6 is 0 Å². The molecule has 1 aliphatic rings. The number of fused-ring (bicyclic) bond motifs is 1. The molecule has 3 heterocycles. The smallest absolute Gasteiger partial charge is 0.287 e. The molecular formula is C18H17F2N5O. The van der Waals surface area contributed by atoms with Gasteiger partial charge in [-0.1, -0.05) is 0 Å². The van der Waals surface area contributed by atoms with Gasteiger partial charge in [0.15, 0.2) is 0 Å². The van der Waals surface area contributed by atoms with E-state index in [9.17, 15) is 13.6 Å². The summed E-state index contributed by atoms with van der Waals surface area (Å²) < 4.78 is 29.0. The van der Waals surface area contributed by atoms with Gasteiger partial charge in [-0.15, -0.1) is 0 Å². The van der Waals surface area contributed by atoms with Gasteiger partial charge in [0, 0.05) is 43.9 Å². The lowest BCUT2D eigenvalue weighted by atomic mass is 10.1. The minimum Gasteiger partial charge on any atom is -0.311 e. The van der Waals surface area contributed by atoms with Crippen molar-refractivity contribution in [2.75, 3.05) is 5.32 Å². The van der Waals surface area contributed by atoms with E-state index in [1.807, 2.05) is 6.20 Å². The number of nitrogens with zero attached hydrogens (tertiary/aromatic N) is 4. The molecule has 0 aliphatic heterocycles. The molecule has 0 spiro atoms. The fourth-order valence-electron chi connectivity index (χ4n) is 2.99. The molecule has 0 bridgehead atoms. The van der Waals surface area contributed by atoms with Gasteiger partial charge in [0.1, 0.15) is 11.5 Å². The van der Waals surface area contributed by atoms with Crippen LogP contribution in [0.1, 0.15) is 43.9 Å². The number of pyridine rings is 1. The second-order valence-electron chi connectivity index (χ2n) is 6.63. The van der Waals surface area contributed by atoms with Gasteiger partial charge >= 0.3 is 0 Å². The lowest BCUT2D eigenvalue weighted by Gasteiger charge is -2.11. The van der Waals surface area contributed by atoms with Gasteiger partial charge < -0.3 is 5.32 Å². The summed E-state index contributed by atoms with van der Waals surface area (Å²) in [5, 5.41) is 3.56. The third kappa shape index (κ3) is 3.02. The molecule has 4 rings (SSSR count). The van der Waals surface area contributed by atoms with E-state index in [0.717, 1.165) is 36.2 Å². The van der Waals surface area contributed by atoms with E-state index >= 15 is 0 Å². The third-order valence-electron chi connectivity index (χ3n) is 4.35. The number of nitrogens with one attached hydrogen (secondary N) is 1. The van der Waals surface area contributed by atoms with Crippen molar-refractivity contribution in [2.45, 2.75) is 38.5 Å². The molecule has 1 saturated carbocycles. The van der Waals surface area contributed by atoms with Gasteiger partial charge in [-0.3, -0.25) is 9.36 Å². The number of carbonyl (C=O) groups excluding carboxylic acids is 1. The topological polar surface area (TPSA) is 72.7 Å². The summed E-state index contributed by atoms with van der Waals surface area (Å²) in [5.74, 6) is -2.29. The highest BCUT2D eigenvalue weighted by atomic mass is 19.3. The van der Waals surface area contributed by atoms with Crippen LogP contribution in [0.5, 0.6) is 0 Å². The molecular weight excluding hydrogens is 340 g/mol. The molecule has 1 N–H and O–H groups in total. The Kier molecular flexibility index (Phi) is 3.71. The molecule has 0 radical (unpaired) electrons. The summed E-state index contributed by atoms with van der Waals surface area (Å²) in [6, 6.07) is 2.92. The van der Waals surface area contributed by atoms with E-state index in [4.69, 9.17) is 0 Å². The molecule has 1 aliphatic carbocycles. The Labute approximate surface area is 148 Å².